The van der Waals surface area contributed by atoms with E-state index >= 15 is 0 Å². The highest BCUT2D eigenvalue weighted by Crippen LogP contribution is 2.20. The van der Waals surface area contributed by atoms with Crippen LogP contribution in [0.15, 0.2) is 4.79 Å². The molecule has 1 saturated heterocycles. The molecule has 2 N–H and O–H groups in total. The van der Waals surface area contributed by atoms with E-state index in [0.29, 0.717) is 12.5 Å². The van der Waals surface area contributed by atoms with Gasteiger partial charge in [0.15, 0.2) is 0 Å². The van der Waals surface area contributed by atoms with Gasteiger partial charge in [-0.25, -0.2) is 9.48 Å². The van der Waals surface area contributed by atoms with Gasteiger partial charge in [0, 0.05) is 12.5 Å². The molecule has 2 rings (SSSR count). The lowest BCUT2D eigenvalue weighted by molar-refractivity contribution is 0.442. The summed E-state index contributed by atoms with van der Waals surface area (Å²) in [5.41, 5.74) is -0.0824. The minimum absolute atomic E-state index is 0.0824. The van der Waals surface area contributed by atoms with Crippen molar-refractivity contribution in [3.63, 3.8) is 0 Å². The largest absolute Gasteiger partial charge is 0.343 e. The molecular weight excluding hydrogens is 180 g/mol. The Bertz CT molecular complexity index is 348. The van der Waals surface area contributed by atoms with E-state index in [2.05, 4.69) is 15.4 Å². The van der Waals surface area contributed by atoms with Crippen LogP contribution in [0.4, 0.5) is 0 Å². The third kappa shape index (κ3) is 1.72. The Hall–Kier alpha value is -1.10. The molecule has 1 aliphatic heterocycles. The Labute approximate surface area is 82.5 Å². The zero-order valence-electron chi connectivity index (χ0n) is 8.42. The number of rotatable bonds is 2. The summed E-state index contributed by atoms with van der Waals surface area (Å²) in [5, 5.41) is 7.57. The van der Waals surface area contributed by atoms with Crippen molar-refractivity contribution in [2.75, 3.05) is 13.1 Å². The van der Waals surface area contributed by atoms with Crippen LogP contribution in [-0.2, 0) is 6.54 Å². The van der Waals surface area contributed by atoms with Crippen molar-refractivity contribution in [2.45, 2.75) is 32.2 Å². The van der Waals surface area contributed by atoms with Crippen molar-refractivity contribution in [1.29, 1.82) is 0 Å². The molecular formula is C9H16N4O. The Balaban J connectivity index is 2.18. The molecule has 1 aromatic rings. The SMILES string of the molecule is CCn1nc(C2CCNCC2)[nH]c1=O. The molecule has 78 valence electrons. The second-order valence-electron chi connectivity index (χ2n) is 3.66. The van der Waals surface area contributed by atoms with Crippen LogP contribution in [0.1, 0.15) is 31.5 Å². The Morgan fingerprint density at radius 3 is 2.79 bits per heavy atom. The quantitative estimate of drug-likeness (QED) is 0.703. The fourth-order valence-corrected chi connectivity index (χ4v) is 1.87. The maximum absolute atomic E-state index is 11.3. The molecule has 0 amide bonds. The molecule has 2 heterocycles. The Kier molecular flexibility index (Phi) is 2.67. The lowest BCUT2D eigenvalue weighted by atomic mass is 9.98. The van der Waals surface area contributed by atoms with Gasteiger partial charge < -0.3 is 5.32 Å². The number of aromatic nitrogens is 3. The van der Waals surface area contributed by atoms with Crippen LogP contribution >= 0.6 is 0 Å². The number of hydrogen-bond donors (Lipinski definition) is 2. The van der Waals surface area contributed by atoms with E-state index in [0.717, 1.165) is 31.8 Å². The molecule has 14 heavy (non-hydrogen) atoms. The minimum Gasteiger partial charge on any atom is -0.317 e. The van der Waals surface area contributed by atoms with E-state index < -0.39 is 0 Å². The lowest BCUT2D eigenvalue weighted by Crippen LogP contribution is -2.27. The fraction of sp³-hybridized carbons (Fsp3) is 0.778. The number of aryl methyl sites for hydroxylation is 1. The molecule has 0 unspecified atom stereocenters. The minimum atomic E-state index is -0.0824. The summed E-state index contributed by atoms with van der Waals surface area (Å²) in [6.45, 7) is 4.60. The number of aromatic amines is 1. The Morgan fingerprint density at radius 2 is 2.21 bits per heavy atom. The first-order valence-corrected chi connectivity index (χ1v) is 5.19. The first kappa shape index (κ1) is 9.45. The monoisotopic (exact) mass is 196 g/mol. The molecule has 1 aliphatic rings. The molecule has 1 aromatic heterocycles. The third-order valence-electron chi connectivity index (χ3n) is 2.72. The molecule has 5 heteroatoms. The molecule has 0 aromatic carbocycles. The van der Waals surface area contributed by atoms with Crippen molar-refractivity contribution >= 4 is 0 Å². The Morgan fingerprint density at radius 1 is 1.50 bits per heavy atom. The van der Waals surface area contributed by atoms with Gasteiger partial charge in [-0.15, -0.1) is 0 Å². The molecule has 0 atom stereocenters. The van der Waals surface area contributed by atoms with Gasteiger partial charge in [0.2, 0.25) is 0 Å². The zero-order valence-corrected chi connectivity index (χ0v) is 8.42. The van der Waals surface area contributed by atoms with Gasteiger partial charge in [-0.3, -0.25) is 4.98 Å². The summed E-state index contributed by atoms with van der Waals surface area (Å²) < 4.78 is 1.48. The number of H-pyrrole nitrogens is 1. The molecule has 5 nitrogen and oxygen atoms in total. The molecule has 0 radical (unpaired) electrons. The molecule has 0 saturated carbocycles. The number of piperidine rings is 1. The van der Waals surface area contributed by atoms with Gasteiger partial charge in [0.05, 0.1) is 0 Å². The van der Waals surface area contributed by atoms with Crippen molar-refractivity contribution < 1.29 is 0 Å². The molecule has 0 spiro atoms. The second kappa shape index (κ2) is 3.96. The standard InChI is InChI=1S/C9H16N4O/c1-2-13-9(14)11-8(12-13)7-3-5-10-6-4-7/h7,10H,2-6H2,1H3,(H,11,12,14). The van der Waals surface area contributed by atoms with Gasteiger partial charge in [-0.1, -0.05) is 0 Å². The highest BCUT2D eigenvalue weighted by atomic mass is 16.1. The van der Waals surface area contributed by atoms with E-state index in [1.807, 2.05) is 6.92 Å². The summed E-state index contributed by atoms with van der Waals surface area (Å²) in [7, 11) is 0. The highest BCUT2D eigenvalue weighted by molar-refractivity contribution is 4.96. The average Bonchev–Trinajstić information content (AvgIpc) is 2.61. The van der Waals surface area contributed by atoms with Gasteiger partial charge in [-0.2, -0.15) is 5.10 Å². The maximum Gasteiger partial charge on any atom is 0.343 e. The van der Waals surface area contributed by atoms with Gasteiger partial charge >= 0.3 is 5.69 Å². The normalized spacial score (nSPS) is 18.6. The van der Waals surface area contributed by atoms with E-state index in [4.69, 9.17) is 0 Å². The summed E-state index contributed by atoms with van der Waals surface area (Å²) in [5.74, 6) is 1.29. The first-order chi connectivity index (χ1) is 6.81. The zero-order chi connectivity index (χ0) is 9.97. The summed E-state index contributed by atoms with van der Waals surface area (Å²) >= 11 is 0. The van der Waals surface area contributed by atoms with Gasteiger partial charge in [0.25, 0.3) is 0 Å². The summed E-state index contributed by atoms with van der Waals surface area (Å²) in [4.78, 5) is 14.2. The molecule has 0 aliphatic carbocycles. The van der Waals surface area contributed by atoms with E-state index in [-0.39, 0.29) is 5.69 Å². The fourth-order valence-electron chi connectivity index (χ4n) is 1.87. The predicted octanol–water partition coefficient (Wildman–Crippen LogP) is 0.0583. The van der Waals surface area contributed by atoms with E-state index in [1.54, 1.807) is 0 Å². The summed E-state index contributed by atoms with van der Waals surface area (Å²) in [6.07, 6.45) is 2.13. The lowest BCUT2D eigenvalue weighted by Gasteiger charge is -2.19. The second-order valence-corrected chi connectivity index (χ2v) is 3.66. The average molecular weight is 196 g/mol. The summed E-state index contributed by atoms with van der Waals surface area (Å²) in [6, 6.07) is 0. The van der Waals surface area contributed by atoms with Crippen LogP contribution in [0, 0.1) is 0 Å². The van der Waals surface area contributed by atoms with Gasteiger partial charge in [-0.05, 0) is 32.9 Å². The number of nitrogens with one attached hydrogen (secondary N) is 2. The van der Waals surface area contributed by atoms with Crippen LogP contribution in [0.5, 0.6) is 0 Å². The molecule has 1 fully saturated rings. The highest BCUT2D eigenvalue weighted by Gasteiger charge is 2.19. The first-order valence-electron chi connectivity index (χ1n) is 5.19. The van der Waals surface area contributed by atoms with E-state index in [1.165, 1.54) is 4.68 Å². The predicted molar refractivity (Wildman–Crippen MR) is 53.4 cm³/mol. The van der Waals surface area contributed by atoms with Crippen LogP contribution in [0.3, 0.4) is 0 Å². The van der Waals surface area contributed by atoms with Crippen molar-refractivity contribution in [2.24, 2.45) is 0 Å². The van der Waals surface area contributed by atoms with Crippen LogP contribution < -0.4 is 11.0 Å². The molecule has 0 bridgehead atoms. The van der Waals surface area contributed by atoms with Crippen molar-refractivity contribution in [1.82, 2.24) is 20.1 Å². The van der Waals surface area contributed by atoms with Crippen molar-refractivity contribution in [3.05, 3.63) is 16.3 Å². The number of hydrogen-bond acceptors (Lipinski definition) is 3. The number of nitrogens with zero attached hydrogens (tertiary/aromatic N) is 2. The van der Waals surface area contributed by atoms with Crippen LogP contribution in [0.25, 0.3) is 0 Å². The topological polar surface area (TPSA) is 62.7 Å². The smallest absolute Gasteiger partial charge is 0.317 e. The van der Waals surface area contributed by atoms with Crippen LogP contribution in [-0.4, -0.2) is 27.9 Å². The third-order valence-corrected chi connectivity index (χ3v) is 2.72. The maximum atomic E-state index is 11.3. The van der Waals surface area contributed by atoms with Crippen molar-refractivity contribution in [3.8, 4) is 0 Å². The van der Waals surface area contributed by atoms with Crippen LogP contribution in [0.2, 0.25) is 0 Å². The van der Waals surface area contributed by atoms with Gasteiger partial charge in [0.1, 0.15) is 5.82 Å². The van der Waals surface area contributed by atoms with E-state index in [9.17, 15) is 4.79 Å².